The fourth-order valence-corrected chi connectivity index (χ4v) is 7.76. The highest BCUT2D eigenvalue weighted by Gasteiger charge is 2.17. The lowest BCUT2D eigenvalue weighted by Crippen LogP contribution is -2.09. The highest BCUT2D eigenvalue weighted by molar-refractivity contribution is 6.11. The Balaban J connectivity index is 1.14. The van der Waals surface area contributed by atoms with Gasteiger partial charge in [0.2, 0.25) is 0 Å². The van der Waals surface area contributed by atoms with Crippen molar-refractivity contribution in [1.82, 2.24) is 4.57 Å². The van der Waals surface area contributed by atoms with E-state index >= 15 is 0 Å². The maximum atomic E-state index is 9.73. The first-order valence-electron chi connectivity index (χ1n) is 27.7. The van der Waals surface area contributed by atoms with Gasteiger partial charge >= 0.3 is 0 Å². The summed E-state index contributed by atoms with van der Waals surface area (Å²) in [5.41, 5.74) is 1.04. The zero-order chi connectivity index (χ0) is 54.6. The molecule has 11 rings (SSSR count). The number of benzene rings is 10. The lowest BCUT2D eigenvalue weighted by atomic mass is 9.94. The average Bonchev–Trinajstić information content (AvgIpc) is 3.79. The number of para-hydroxylation sites is 1. The van der Waals surface area contributed by atoms with Crippen LogP contribution in [0.15, 0.2) is 242 Å². The molecule has 0 amide bonds. The summed E-state index contributed by atoms with van der Waals surface area (Å²) < 4.78 is 157. The van der Waals surface area contributed by atoms with Crippen molar-refractivity contribution in [3.8, 4) is 50.2 Å². The van der Waals surface area contributed by atoms with Gasteiger partial charge in [0, 0.05) is 33.2 Å². The Morgan fingerprint density at radius 2 is 0.883 bits per heavy atom. The van der Waals surface area contributed by atoms with E-state index in [-0.39, 0.29) is 11.3 Å². The number of anilines is 3. The van der Waals surface area contributed by atoms with Crippen LogP contribution < -0.4 is 4.90 Å². The second kappa shape index (κ2) is 15.1. The average molecular weight is 782 g/mol. The van der Waals surface area contributed by atoms with Gasteiger partial charge in [-0.05, 0) is 110 Å². The van der Waals surface area contributed by atoms with E-state index in [1.165, 1.54) is 0 Å². The summed E-state index contributed by atoms with van der Waals surface area (Å²) in [6.07, 6.45) is 0. The van der Waals surface area contributed by atoms with Gasteiger partial charge in [0.05, 0.1) is 40.0 Å². The summed E-state index contributed by atoms with van der Waals surface area (Å²) in [5, 5.41) is 3.75. The Hall–Kier alpha value is -7.94. The molecule has 0 saturated heterocycles. The van der Waals surface area contributed by atoms with Crippen LogP contribution in [-0.2, 0) is 0 Å². The lowest BCUT2D eigenvalue weighted by Gasteiger charge is -2.26. The van der Waals surface area contributed by atoms with Gasteiger partial charge in [-0.2, -0.15) is 0 Å². The van der Waals surface area contributed by atoms with Gasteiger partial charge in [0.25, 0.3) is 0 Å². The summed E-state index contributed by atoms with van der Waals surface area (Å²) in [6, 6.07) is 30.3. The van der Waals surface area contributed by atoms with Crippen LogP contribution in [0.5, 0.6) is 0 Å². The number of hydrogen-bond donors (Lipinski definition) is 0. The van der Waals surface area contributed by atoms with E-state index < -0.39 is 136 Å². The van der Waals surface area contributed by atoms with Crippen molar-refractivity contribution < 1.29 is 23.3 Å². The molecule has 10 aromatic carbocycles. The second-order valence-corrected chi connectivity index (χ2v) is 14.0. The molecule has 2 heteroatoms. The Bertz CT molecular complexity index is 4220. The van der Waals surface area contributed by atoms with Gasteiger partial charge in [-0.15, -0.1) is 0 Å². The third-order valence-electron chi connectivity index (χ3n) is 10.6. The molecule has 11 aromatic rings. The smallest absolute Gasteiger partial charge is 0.0645 e. The predicted octanol–water partition coefficient (Wildman–Crippen LogP) is 16.1. The first kappa shape index (κ1) is 21.7. The summed E-state index contributed by atoms with van der Waals surface area (Å²) in [5.74, 6) is 0. The van der Waals surface area contributed by atoms with E-state index in [1.54, 1.807) is 30.3 Å². The molecule has 0 unspecified atom stereocenters. The topological polar surface area (TPSA) is 8.17 Å². The molecule has 0 bridgehead atoms. The van der Waals surface area contributed by atoms with Crippen molar-refractivity contribution in [2.75, 3.05) is 4.90 Å². The molecule has 60 heavy (non-hydrogen) atoms. The van der Waals surface area contributed by atoms with E-state index in [9.17, 15) is 11.0 Å². The third kappa shape index (κ3) is 6.32. The molecule has 1 heterocycles. The Morgan fingerprint density at radius 1 is 0.333 bits per heavy atom. The number of hydrogen-bond acceptors (Lipinski definition) is 1. The first-order valence-corrected chi connectivity index (χ1v) is 19.2. The van der Waals surface area contributed by atoms with Gasteiger partial charge in [-0.1, -0.05) is 182 Å². The van der Waals surface area contributed by atoms with Crippen LogP contribution in [0.3, 0.4) is 0 Å². The fraction of sp³-hybridized carbons (Fsp3) is 0. The molecule has 1 aromatic heterocycles. The van der Waals surface area contributed by atoms with E-state index in [0.29, 0.717) is 5.56 Å². The SMILES string of the molecule is [2H]c1c([2H])c([2H])c(-c2c([2H])c([2H])c([2H])c([2H])c2-c2c([2H])c([2H])c(N(c3ccc(-c4ccccc4)cc3)c3c([2H])c([2H])c(-c4ccc5c(c4)c4ccccc4n5-c4cccc5ccccc45)c([2H])c3[2H])c([2H])c2[2H])c([2H])c1[2H]. The number of fused-ring (bicyclic) bond motifs is 4. The lowest BCUT2D eigenvalue weighted by molar-refractivity contribution is 1.20. The number of nitrogens with zero attached hydrogens (tertiary/aromatic N) is 2. The molecule has 0 aliphatic heterocycles. The Morgan fingerprint density at radius 3 is 1.62 bits per heavy atom. The molecule has 0 aliphatic rings. The maximum absolute atomic E-state index is 9.73. The minimum absolute atomic E-state index is 0.0414. The second-order valence-electron chi connectivity index (χ2n) is 14.0. The Kier molecular flexibility index (Phi) is 5.46. The van der Waals surface area contributed by atoms with Crippen LogP contribution in [-0.4, -0.2) is 4.57 Å². The molecule has 0 aliphatic carbocycles. The van der Waals surface area contributed by atoms with Crippen molar-refractivity contribution >= 4 is 49.6 Å². The third-order valence-corrected chi connectivity index (χ3v) is 10.6. The molecule has 0 fully saturated rings. The zero-order valence-electron chi connectivity index (χ0n) is 48.7. The quantitative estimate of drug-likeness (QED) is 0.149. The summed E-state index contributed by atoms with van der Waals surface area (Å²) >= 11 is 0. The van der Waals surface area contributed by atoms with Crippen LogP contribution in [0.1, 0.15) is 23.3 Å². The van der Waals surface area contributed by atoms with Crippen LogP contribution >= 0.6 is 0 Å². The molecule has 0 spiro atoms. The molecular weight excluding hydrogens is 725 g/mol. The van der Waals surface area contributed by atoms with Crippen molar-refractivity contribution in [3.05, 3.63) is 242 Å². The first-order chi connectivity index (χ1) is 36.8. The summed E-state index contributed by atoms with van der Waals surface area (Å²) in [4.78, 5) is 1.11. The zero-order valence-corrected chi connectivity index (χ0v) is 31.7. The fourth-order valence-electron chi connectivity index (χ4n) is 7.76. The molecular formula is C58H40N2. The maximum Gasteiger partial charge on any atom is 0.0645 e. The van der Waals surface area contributed by atoms with E-state index in [4.69, 9.17) is 12.3 Å². The van der Waals surface area contributed by atoms with Crippen molar-refractivity contribution in [2.45, 2.75) is 0 Å². The number of aromatic nitrogens is 1. The molecule has 282 valence electrons. The monoisotopic (exact) mass is 781 g/mol. The molecule has 0 N–H and O–H groups in total. The normalized spacial score (nSPS) is 15.3. The summed E-state index contributed by atoms with van der Waals surface area (Å²) in [6.45, 7) is 0. The molecule has 0 radical (unpaired) electrons. The Labute approximate surface area is 374 Å². The van der Waals surface area contributed by atoms with Crippen LogP contribution in [0.4, 0.5) is 17.1 Å². The summed E-state index contributed by atoms with van der Waals surface area (Å²) in [7, 11) is 0. The largest absolute Gasteiger partial charge is 0.311 e. The van der Waals surface area contributed by atoms with Crippen LogP contribution in [0, 0.1) is 0 Å². The van der Waals surface area contributed by atoms with Gasteiger partial charge in [-0.3, -0.25) is 0 Å². The standard InChI is InChI=1S/C58H40N2/c1-3-14-41(15-4-1)42-26-33-48(34-27-42)59(50-37-30-46(31-38-50)52-21-10-9-20-51(52)44-16-5-2-6-17-44)49-35-28-43(29-36-49)47-32-39-58-55(40-47)54-23-11-12-24-57(54)60(58)56-25-13-19-45-18-7-8-22-53(45)56/h1-40H/i2D,5D,6D,9D,10D,16D,17D,20D,21D,28D,29D,30D,31D,35D,36D,37D,38D. The van der Waals surface area contributed by atoms with Gasteiger partial charge in [-0.25, -0.2) is 0 Å². The van der Waals surface area contributed by atoms with Crippen molar-refractivity contribution in [1.29, 1.82) is 0 Å². The predicted molar refractivity (Wildman–Crippen MR) is 255 cm³/mol. The van der Waals surface area contributed by atoms with E-state index in [1.807, 2.05) is 103 Å². The molecule has 2 nitrogen and oxygen atoms in total. The molecule has 0 atom stereocenters. The van der Waals surface area contributed by atoms with E-state index in [2.05, 4.69) is 10.6 Å². The minimum atomic E-state index is -0.881. The van der Waals surface area contributed by atoms with E-state index in [0.717, 1.165) is 54.3 Å². The van der Waals surface area contributed by atoms with Gasteiger partial charge in [0.15, 0.2) is 0 Å². The van der Waals surface area contributed by atoms with Crippen LogP contribution in [0.2, 0.25) is 0 Å². The van der Waals surface area contributed by atoms with Crippen LogP contribution in [0.25, 0.3) is 82.8 Å². The minimum Gasteiger partial charge on any atom is -0.311 e. The highest BCUT2D eigenvalue weighted by atomic mass is 15.1. The van der Waals surface area contributed by atoms with Gasteiger partial charge < -0.3 is 9.47 Å². The van der Waals surface area contributed by atoms with Gasteiger partial charge in [0.1, 0.15) is 0 Å². The van der Waals surface area contributed by atoms with Crippen molar-refractivity contribution in [3.63, 3.8) is 0 Å². The molecule has 0 saturated carbocycles. The van der Waals surface area contributed by atoms with Crippen molar-refractivity contribution in [2.24, 2.45) is 0 Å². The highest BCUT2D eigenvalue weighted by Crippen LogP contribution is 2.41. The number of rotatable bonds is 8.